The molecule has 0 spiro atoms. The Kier molecular flexibility index (Phi) is 18.2. The van der Waals surface area contributed by atoms with Crippen molar-refractivity contribution in [2.24, 2.45) is 4.99 Å². The van der Waals surface area contributed by atoms with Gasteiger partial charge in [0.15, 0.2) is 0 Å². The molecule has 1 aromatic heterocycles. The molecule has 1 heterocycles. The molecule has 45 heavy (non-hydrogen) atoms. The summed E-state index contributed by atoms with van der Waals surface area (Å²) in [7, 11) is 1.64. The highest BCUT2D eigenvalue weighted by Crippen LogP contribution is 2.30. The average molecular weight is 643 g/mol. The molecule has 0 amide bonds. The Hall–Kier alpha value is -2.99. The number of thiocarbonyl (C=S) groups is 1. The summed E-state index contributed by atoms with van der Waals surface area (Å²) < 4.78 is 44.1. The normalized spacial score (nSPS) is 11.8. The van der Waals surface area contributed by atoms with Crippen LogP contribution >= 0.6 is 12.2 Å². The summed E-state index contributed by atoms with van der Waals surface area (Å²) in [5.41, 5.74) is 5.28. The Morgan fingerprint density at radius 3 is 1.91 bits per heavy atom. The molecular weight excluding hydrogens is 596 g/mol. The second-order valence-electron chi connectivity index (χ2n) is 10.2. The number of isothiocyanates is 1. The fourth-order valence-electron chi connectivity index (χ4n) is 4.47. The number of benzene rings is 2. The van der Waals surface area contributed by atoms with E-state index in [1.165, 1.54) is 11.1 Å². The number of aryl methyl sites for hydroxylation is 3. The van der Waals surface area contributed by atoms with Gasteiger partial charge in [0.1, 0.15) is 23.2 Å². The van der Waals surface area contributed by atoms with E-state index in [9.17, 15) is 0 Å². The number of methoxy groups -OCH3 is 1. The Morgan fingerprint density at radius 1 is 0.756 bits per heavy atom. The highest BCUT2D eigenvalue weighted by atomic mass is 32.1. The third kappa shape index (κ3) is 14.3. The van der Waals surface area contributed by atoms with Crippen LogP contribution in [0.15, 0.2) is 58.0 Å². The van der Waals surface area contributed by atoms with Crippen molar-refractivity contribution < 1.29 is 37.7 Å². The summed E-state index contributed by atoms with van der Waals surface area (Å²) in [5, 5.41) is 6.62. The zero-order valence-corrected chi connectivity index (χ0v) is 27.5. The monoisotopic (exact) mass is 642 g/mol. The van der Waals surface area contributed by atoms with Gasteiger partial charge in [0.25, 0.3) is 0 Å². The number of aliphatic imine (C=N–C) groups is 1. The van der Waals surface area contributed by atoms with E-state index in [1.54, 1.807) is 7.11 Å². The van der Waals surface area contributed by atoms with E-state index >= 15 is 0 Å². The van der Waals surface area contributed by atoms with E-state index in [-0.39, 0.29) is 0 Å². The number of ether oxygens (including phenoxy) is 7. The predicted molar refractivity (Wildman–Crippen MR) is 175 cm³/mol. The zero-order valence-electron chi connectivity index (χ0n) is 26.7. The number of rotatable bonds is 25. The van der Waals surface area contributed by atoms with Gasteiger partial charge in [-0.2, -0.15) is 0 Å². The molecule has 10 nitrogen and oxygen atoms in total. The van der Waals surface area contributed by atoms with Crippen molar-refractivity contribution in [1.82, 2.24) is 5.16 Å². The maximum Gasteiger partial charge on any atom is 0.137 e. The lowest BCUT2D eigenvalue weighted by Crippen LogP contribution is -2.14. The molecule has 0 saturated carbocycles. The summed E-state index contributed by atoms with van der Waals surface area (Å²) >= 11 is 4.83. The van der Waals surface area contributed by atoms with E-state index in [0.29, 0.717) is 91.4 Å². The summed E-state index contributed by atoms with van der Waals surface area (Å²) in [5.74, 6) is 1.69. The molecule has 3 aromatic rings. The fraction of sp³-hybridized carbons (Fsp3) is 0.529. The predicted octanol–water partition coefficient (Wildman–Crippen LogP) is 5.84. The number of hydrogen-bond donors (Lipinski definition) is 0. The molecule has 0 bridgehead atoms. The first-order chi connectivity index (χ1) is 22.1. The van der Waals surface area contributed by atoms with Crippen molar-refractivity contribution in [2.75, 3.05) is 86.4 Å². The van der Waals surface area contributed by atoms with Crippen molar-refractivity contribution in [3.63, 3.8) is 0 Å². The second kappa shape index (κ2) is 22.5. The smallest absolute Gasteiger partial charge is 0.137 e. The van der Waals surface area contributed by atoms with Crippen molar-refractivity contribution in [2.45, 2.75) is 32.7 Å². The van der Waals surface area contributed by atoms with Crippen molar-refractivity contribution >= 4 is 17.4 Å². The Labute approximate surface area is 271 Å². The minimum Gasteiger partial charge on any atom is -0.493 e. The molecule has 0 aliphatic heterocycles. The third-order valence-corrected chi connectivity index (χ3v) is 6.81. The van der Waals surface area contributed by atoms with Crippen molar-refractivity contribution in [3.8, 4) is 16.9 Å². The van der Waals surface area contributed by atoms with E-state index in [4.69, 9.17) is 49.9 Å². The second-order valence-corrected chi connectivity index (χ2v) is 10.4. The molecule has 0 N–H and O–H groups in total. The van der Waals surface area contributed by atoms with Crippen LogP contribution in [-0.4, -0.2) is 96.7 Å². The van der Waals surface area contributed by atoms with Crippen LogP contribution in [0.25, 0.3) is 11.1 Å². The van der Waals surface area contributed by atoms with Gasteiger partial charge < -0.3 is 37.7 Å². The summed E-state index contributed by atoms with van der Waals surface area (Å²) in [6.45, 7) is 10.1. The first-order valence-electron chi connectivity index (χ1n) is 15.3. The minimum atomic E-state index is -0.390. The molecule has 0 aliphatic carbocycles. The first-order valence-corrected chi connectivity index (χ1v) is 15.7. The average Bonchev–Trinajstić information content (AvgIpc) is 3.52. The van der Waals surface area contributed by atoms with Gasteiger partial charge in [0.05, 0.1) is 84.4 Å². The topological polar surface area (TPSA) is 103 Å². The third-order valence-electron chi connectivity index (χ3n) is 6.70. The van der Waals surface area contributed by atoms with Crippen molar-refractivity contribution in [3.05, 3.63) is 71.1 Å². The maximum atomic E-state index is 6.16. The standard InChI is InChI=1S/C34H46N2O8S/c1-27-22-30(29-8-5-4-6-9-29)23-28(2)34(27)43-11-7-10-31-24-32(36-44-31)33(35-26-45)25-42-21-20-41-19-18-40-17-16-39-15-14-38-13-12-37-3/h4-6,8-9,22-24,33H,7,10-21,25H2,1-3H3. The van der Waals surface area contributed by atoms with Gasteiger partial charge in [-0.3, -0.25) is 0 Å². The zero-order chi connectivity index (χ0) is 32.0. The number of aromatic nitrogens is 1. The summed E-state index contributed by atoms with van der Waals surface area (Å²) in [6.07, 6.45) is 1.47. The molecule has 3 rings (SSSR count). The molecule has 0 aliphatic rings. The van der Waals surface area contributed by atoms with Crippen LogP contribution in [-0.2, 0) is 34.8 Å². The highest BCUT2D eigenvalue weighted by Gasteiger charge is 2.16. The first kappa shape index (κ1) is 36.5. The fourth-order valence-corrected chi connectivity index (χ4v) is 4.60. The SMILES string of the molecule is COCCOCCOCCOCCOCCOCC(N=C=S)c1cc(CCCOc2c(C)cc(-c3ccccc3)cc2C)on1. The Morgan fingerprint density at radius 2 is 1.33 bits per heavy atom. The summed E-state index contributed by atoms with van der Waals surface area (Å²) in [4.78, 5) is 4.21. The van der Waals surface area contributed by atoms with Crippen LogP contribution in [0.2, 0.25) is 0 Å². The molecule has 246 valence electrons. The molecule has 0 radical (unpaired) electrons. The van der Waals surface area contributed by atoms with Crippen LogP contribution in [0.3, 0.4) is 0 Å². The maximum absolute atomic E-state index is 6.16. The van der Waals surface area contributed by atoms with Gasteiger partial charge in [-0.05, 0) is 66.9 Å². The van der Waals surface area contributed by atoms with Crippen LogP contribution in [0.1, 0.15) is 35.0 Å². The molecular formula is C34H46N2O8S. The van der Waals surface area contributed by atoms with Gasteiger partial charge in [-0.15, -0.1) is 0 Å². The molecule has 2 aromatic carbocycles. The van der Waals surface area contributed by atoms with Crippen LogP contribution < -0.4 is 4.74 Å². The quantitative estimate of drug-likeness (QED) is 0.0636. The molecule has 0 fully saturated rings. The lowest BCUT2D eigenvalue weighted by atomic mass is 10.00. The lowest BCUT2D eigenvalue weighted by molar-refractivity contribution is -0.0153. The van der Waals surface area contributed by atoms with Crippen molar-refractivity contribution in [1.29, 1.82) is 0 Å². The van der Waals surface area contributed by atoms with E-state index < -0.39 is 6.04 Å². The van der Waals surface area contributed by atoms with Gasteiger partial charge in [0, 0.05) is 19.6 Å². The number of hydrogen-bond acceptors (Lipinski definition) is 11. The Balaban J connectivity index is 1.26. The van der Waals surface area contributed by atoms with E-state index in [1.807, 2.05) is 12.1 Å². The van der Waals surface area contributed by atoms with Gasteiger partial charge in [0.2, 0.25) is 0 Å². The molecule has 1 unspecified atom stereocenters. The molecule has 11 heteroatoms. The van der Waals surface area contributed by atoms with Gasteiger partial charge in [-0.25, -0.2) is 4.99 Å². The van der Waals surface area contributed by atoms with Crippen LogP contribution in [0.4, 0.5) is 0 Å². The largest absolute Gasteiger partial charge is 0.493 e. The molecule has 1 atom stereocenters. The highest BCUT2D eigenvalue weighted by molar-refractivity contribution is 7.78. The minimum absolute atomic E-state index is 0.294. The van der Waals surface area contributed by atoms with Crippen LogP contribution in [0, 0.1) is 13.8 Å². The Bertz CT molecular complexity index is 1240. The van der Waals surface area contributed by atoms with E-state index in [0.717, 1.165) is 29.1 Å². The number of nitrogens with zero attached hydrogens (tertiary/aromatic N) is 2. The lowest BCUT2D eigenvalue weighted by Gasteiger charge is -2.14. The molecule has 0 saturated heterocycles. The van der Waals surface area contributed by atoms with E-state index in [2.05, 4.69) is 65.6 Å². The summed E-state index contributed by atoms with van der Waals surface area (Å²) in [6, 6.07) is 16.2. The van der Waals surface area contributed by atoms with Gasteiger partial charge >= 0.3 is 0 Å². The van der Waals surface area contributed by atoms with Gasteiger partial charge in [-0.1, -0.05) is 35.5 Å². The van der Waals surface area contributed by atoms with Crippen LogP contribution in [0.5, 0.6) is 5.75 Å².